The SMILES string of the molecule is Cc1c(C(=O)NN)sc2nc[nH]c(=O)c12. The number of hydrogen-bond acceptors (Lipinski definition) is 5. The van der Waals surface area contributed by atoms with Crippen LogP contribution >= 0.6 is 11.3 Å². The van der Waals surface area contributed by atoms with E-state index in [-0.39, 0.29) is 5.56 Å². The molecule has 4 N–H and O–H groups in total. The molecule has 2 rings (SSSR count). The molecule has 0 aliphatic heterocycles. The first-order chi connectivity index (χ1) is 7.15. The van der Waals surface area contributed by atoms with E-state index in [1.54, 1.807) is 6.92 Å². The van der Waals surface area contributed by atoms with Crippen LogP contribution < -0.4 is 16.8 Å². The summed E-state index contributed by atoms with van der Waals surface area (Å²) in [7, 11) is 0. The lowest BCUT2D eigenvalue weighted by Gasteiger charge is -1.95. The molecule has 7 heteroatoms. The molecule has 0 bridgehead atoms. The highest BCUT2D eigenvalue weighted by Crippen LogP contribution is 2.25. The van der Waals surface area contributed by atoms with Gasteiger partial charge < -0.3 is 4.98 Å². The highest BCUT2D eigenvalue weighted by atomic mass is 32.1. The predicted octanol–water partition coefficient (Wildman–Crippen LogP) is -0.103. The van der Waals surface area contributed by atoms with E-state index in [1.807, 2.05) is 5.43 Å². The number of nitrogens with one attached hydrogen (secondary N) is 2. The average molecular weight is 224 g/mol. The molecule has 6 nitrogen and oxygen atoms in total. The lowest BCUT2D eigenvalue weighted by atomic mass is 10.2. The van der Waals surface area contributed by atoms with Crippen LogP contribution in [0.2, 0.25) is 0 Å². The van der Waals surface area contributed by atoms with E-state index in [9.17, 15) is 9.59 Å². The maximum absolute atomic E-state index is 11.5. The molecule has 0 atom stereocenters. The molecule has 78 valence electrons. The third-order valence-corrected chi connectivity index (χ3v) is 3.27. The largest absolute Gasteiger partial charge is 0.313 e. The molecule has 2 aromatic heterocycles. The number of thiophene rings is 1. The Hall–Kier alpha value is -1.73. The molecule has 0 aromatic carbocycles. The molecule has 0 fully saturated rings. The van der Waals surface area contributed by atoms with Gasteiger partial charge in [0.05, 0.1) is 16.6 Å². The second-order valence-corrected chi connectivity index (χ2v) is 3.94. The van der Waals surface area contributed by atoms with Crippen molar-refractivity contribution in [2.24, 2.45) is 5.84 Å². The smallest absolute Gasteiger partial charge is 0.275 e. The number of hydrogen-bond donors (Lipinski definition) is 3. The maximum atomic E-state index is 11.5. The normalized spacial score (nSPS) is 10.5. The Balaban J connectivity index is 2.81. The minimum Gasteiger partial charge on any atom is -0.313 e. The van der Waals surface area contributed by atoms with Crippen LogP contribution in [-0.2, 0) is 0 Å². The fraction of sp³-hybridized carbons (Fsp3) is 0.125. The predicted molar refractivity (Wildman–Crippen MR) is 56.6 cm³/mol. The van der Waals surface area contributed by atoms with Crippen LogP contribution in [0.4, 0.5) is 0 Å². The average Bonchev–Trinajstić information content (AvgIpc) is 2.56. The van der Waals surface area contributed by atoms with Crippen molar-refractivity contribution >= 4 is 27.5 Å². The molecular weight excluding hydrogens is 216 g/mol. The minimum absolute atomic E-state index is 0.246. The number of aromatic amines is 1. The van der Waals surface area contributed by atoms with Gasteiger partial charge in [0, 0.05) is 0 Å². The quantitative estimate of drug-likeness (QED) is 0.357. The van der Waals surface area contributed by atoms with Crippen molar-refractivity contribution in [3.05, 3.63) is 27.1 Å². The number of aromatic nitrogens is 2. The van der Waals surface area contributed by atoms with Crippen molar-refractivity contribution in [3.63, 3.8) is 0 Å². The maximum Gasteiger partial charge on any atom is 0.275 e. The molecule has 0 saturated heterocycles. The van der Waals surface area contributed by atoms with Crippen molar-refractivity contribution < 1.29 is 4.79 Å². The van der Waals surface area contributed by atoms with E-state index in [0.717, 1.165) is 11.3 Å². The van der Waals surface area contributed by atoms with Crippen molar-refractivity contribution in [2.75, 3.05) is 0 Å². The van der Waals surface area contributed by atoms with Gasteiger partial charge in [-0.25, -0.2) is 10.8 Å². The number of carbonyl (C=O) groups is 1. The topological polar surface area (TPSA) is 101 Å². The number of rotatable bonds is 1. The van der Waals surface area contributed by atoms with Crippen LogP contribution in [0.5, 0.6) is 0 Å². The van der Waals surface area contributed by atoms with E-state index in [2.05, 4.69) is 9.97 Å². The zero-order valence-corrected chi connectivity index (χ0v) is 8.64. The van der Waals surface area contributed by atoms with Gasteiger partial charge in [-0.3, -0.25) is 15.0 Å². The van der Waals surface area contributed by atoms with Gasteiger partial charge in [0.25, 0.3) is 11.5 Å². The molecule has 0 aliphatic rings. The van der Waals surface area contributed by atoms with Crippen molar-refractivity contribution in [2.45, 2.75) is 6.92 Å². The number of nitrogens with zero attached hydrogens (tertiary/aromatic N) is 1. The van der Waals surface area contributed by atoms with Crippen molar-refractivity contribution in [1.82, 2.24) is 15.4 Å². The molecular formula is C8H8N4O2S. The Labute approximate surface area is 88.1 Å². The number of fused-ring (bicyclic) bond motifs is 1. The van der Waals surface area contributed by atoms with Crippen LogP contribution in [0.15, 0.2) is 11.1 Å². The first kappa shape index (κ1) is 9.81. The Morgan fingerprint density at radius 2 is 2.40 bits per heavy atom. The molecule has 0 aliphatic carbocycles. The molecule has 0 unspecified atom stereocenters. The molecule has 0 saturated carbocycles. The van der Waals surface area contributed by atoms with Gasteiger partial charge in [0.2, 0.25) is 0 Å². The van der Waals surface area contributed by atoms with Gasteiger partial charge >= 0.3 is 0 Å². The summed E-state index contributed by atoms with van der Waals surface area (Å²) in [6.45, 7) is 1.69. The lowest BCUT2D eigenvalue weighted by molar-refractivity contribution is 0.0957. The Bertz CT molecular complexity index is 586. The van der Waals surface area contributed by atoms with Gasteiger partial charge in [-0.2, -0.15) is 0 Å². The molecule has 15 heavy (non-hydrogen) atoms. The standard InChI is InChI=1S/C8H8N4O2S/c1-3-4-6(13)10-2-11-8(4)15-5(3)7(14)12-9/h2H,9H2,1H3,(H,12,14)(H,10,11,13). The second kappa shape index (κ2) is 3.44. The molecule has 0 spiro atoms. The first-order valence-corrected chi connectivity index (χ1v) is 4.94. The zero-order valence-electron chi connectivity index (χ0n) is 7.83. The van der Waals surface area contributed by atoms with Crippen LogP contribution in [0.25, 0.3) is 10.2 Å². The van der Waals surface area contributed by atoms with E-state index in [4.69, 9.17) is 5.84 Å². The monoisotopic (exact) mass is 224 g/mol. The highest BCUT2D eigenvalue weighted by molar-refractivity contribution is 7.20. The summed E-state index contributed by atoms with van der Waals surface area (Å²) < 4.78 is 0. The number of H-pyrrole nitrogens is 1. The van der Waals surface area contributed by atoms with Gasteiger partial charge in [0.1, 0.15) is 4.83 Å². The van der Waals surface area contributed by atoms with E-state index in [0.29, 0.717) is 20.7 Å². The molecule has 2 heterocycles. The van der Waals surface area contributed by atoms with E-state index < -0.39 is 5.91 Å². The number of amides is 1. The van der Waals surface area contributed by atoms with E-state index in [1.165, 1.54) is 6.33 Å². The first-order valence-electron chi connectivity index (χ1n) is 4.13. The van der Waals surface area contributed by atoms with Crippen molar-refractivity contribution in [3.8, 4) is 0 Å². The Morgan fingerprint density at radius 1 is 1.67 bits per heavy atom. The summed E-state index contributed by atoms with van der Waals surface area (Å²) in [5, 5.41) is 0.445. The van der Waals surface area contributed by atoms with Crippen LogP contribution in [0.3, 0.4) is 0 Å². The number of nitrogens with two attached hydrogens (primary N) is 1. The fourth-order valence-electron chi connectivity index (χ4n) is 1.36. The Morgan fingerprint density at radius 3 is 3.00 bits per heavy atom. The summed E-state index contributed by atoms with van der Waals surface area (Å²) in [4.78, 5) is 30.2. The van der Waals surface area contributed by atoms with E-state index >= 15 is 0 Å². The number of carbonyl (C=O) groups excluding carboxylic acids is 1. The van der Waals surface area contributed by atoms with Gasteiger partial charge in [-0.1, -0.05) is 0 Å². The summed E-state index contributed by atoms with van der Waals surface area (Å²) in [6.07, 6.45) is 1.31. The number of hydrazine groups is 1. The molecule has 1 amide bonds. The summed E-state index contributed by atoms with van der Waals surface area (Å²) >= 11 is 1.15. The van der Waals surface area contributed by atoms with Gasteiger partial charge in [-0.05, 0) is 12.5 Å². The number of nitrogen functional groups attached to an aromatic ring is 1. The zero-order chi connectivity index (χ0) is 11.0. The lowest BCUT2D eigenvalue weighted by Crippen LogP contribution is -2.29. The van der Waals surface area contributed by atoms with Gasteiger partial charge in [0.15, 0.2) is 0 Å². The van der Waals surface area contributed by atoms with Gasteiger partial charge in [-0.15, -0.1) is 11.3 Å². The summed E-state index contributed by atoms with van der Waals surface area (Å²) in [5.74, 6) is 4.63. The second-order valence-electron chi connectivity index (χ2n) is 2.94. The highest BCUT2D eigenvalue weighted by Gasteiger charge is 2.16. The van der Waals surface area contributed by atoms with Crippen LogP contribution in [0, 0.1) is 6.92 Å². The van der Waals surface area contributed by atoms with Crippen LogP contribution in [-0.4, -0.2) is 15.9 Å². The van der Waals surface area contributed by atoms with Crippen LogP contribution in [0.1, 0.15) is 15.2 Å². The number of aryl methyl sites for hydroxylation is 1. The summed E-state index contributed by atoms with van der Waals surface area (Å²) in [5.41, 5.74) is 2.39. The third-order valence-electron chi connectivity index (χ3n) is 2.07. The molecule has 2 aromatic rings. The minimum atomic E-state index is -0.408. The Kier molecular flexibility index (Phi) is 2.25. The summed E-state index contributed by atoms with van der Waals surface area (Å²) in [6, 6.07) is 0. The van der Waals surface area contributed by atoms with Crippen molar-refractivity contribution in [1.29, 1.82) is 0 Å². The molecule has 0 radical (unpaired) electrons. The third kappa shape index (κ3) is 1.41. The fourth-order valence-corrected chi connectivity index (χ4v) is 2.41.